The Kier molecular flexibility index (Phi) is 9.86. The van der Waals surface area contributed by atoms with Gasteiger partial charge in [-0.3, -0.25) is 24.7 Å². The highest BCUT2D eigenvalue weighted by molar-refractivity contribution is 6.21. The number of fused-ring (bicyclic) bond motifs is 1. The fourth-order valence-electron chi connectivity index (χ4n) is 6.35. The number of rotatable bonds is 11. The molecule has 2 aliphatic rings. The van der Waals surface area contributed by atoms with Crippen LogP contribution >= 0.6 is 0 Å². The highest BCUT2D eigenvalue weighted by Gasteiger charge is 2.34. The molecule has 1 N–H and O–H groups in total. The molecule has 1 fully saturated rings. The highest BCUT2D eigenvalue weighted by atomic mass is 16.6. The van der Waals surface area contributed by atoms with E-state index in [9.17, 15) is 14.4 Å². The van der Waals surface area contributed by atoms with Gasteiger partial charge in [-0.15, -0.1) is 0 Å². The lowest BCUT2D eigenvalue weighted by Gasteiger charge is -2.31. The van der Waals surface area contributed by atoms with Crippen LogP contribution < -0.4 is 5.32 Å². The van der Waals surface area contributed by atoms with Crippen molar-refractivity contribution in [2.75, 3.05) is 38.5 Å². The van der Waals surface area contributed by atoms with Crippen LogP contribution in [0.1, 0.15) is 51.1 Å². The monoisotopic (exact) mass is 616 g/mol. The molecular weight excluding hydrogens is 576 g/mol. The van der Waals surface area contributed by atoms with Gasteiger partial charge in [0.15, 0.2) is 0 Å². The first-order valence-corrected chi connectivity index (χ1v) is 16.0. The molecule has 1 saturated heterocycles. The highest BCUT2D eigenvalue weighted by Crippen LogP contribution is 2.28. The summed E-state index contributed by atoms with van der Waals surface area (Å²) in [5, 5.41) is 2.95. The minimum Gasteiger partial charge on any atom is -0.446 e. The van der Waals surface area contributed by atoms with Gasteiger partial charge in [-0.05, 0) is 67.7 Å². The summed E-state index contributed by atoms with van der Waals surface area (Å²) in [4.78, 5) is 44.0. The van der Waals surface area contributed by atoms with E-state index in [1.54, 1.807) is 24.3 Å². The van der Waals surface area contributed by atoms with Crippen molar-refractivity contribution in [1.82, 2.24) is 14.7 Å². The summed E-state index contributed by atoms with van der Waals surface area (Å²) in [6.45, 7) is 4.55. The minimum atomic E-state index is -0.414. The molecule has 0 spiro atoms. The largest absolute Gasteiger partial charge is 0.446 e. The lowest BCUT2D eigenvalue weighted by atomic mass is 10.0. The molecular formula is C38H40N4O4. The van der Waals surface area contributed by atoms with Gasteiger partial charge >= 0.3 is 6.09 Å². The summed E-state index contributed by atoms with van der Waals surface area (Å²) in [6, 6.07) is 33.5. The van der Waals surface area contributed by atoms with Crippen LogP contribution in [0.5, 0.6) is 0 Å². The number of imide groups is 1. The molecule has 2 aliphatic heterocycles. The lowest BCUT2D eigenvalue weighted by molar-refractivity contribution is 0.0566. The first-order valence-electron chi connectivity index (χ1n) is 16.0. The van der Waals surface area contributed by atoms with Crippen LogP contribution in [0.2, 0.25) is 0 Å². The van der Waals surface area contributed by atoms with Crippen molar-refractivity contribution >= 4 is 23.6 Å². The third-order valence-corrected chi connectivity index (χ3v) is 8.71. The predicted molar refractivity (Wildman–Crippen MR) is 179 cm³/mol. The summed E-state index contributed by atoms with van der Waals surface area (Å²) in [7, 11) is 2.07. The third kappa shape index (κ3) is 7.53. The second-order valence-electron chi connectivity index (χ2n) is 12.1. The molecule has 8 nitrogen and oxygen atoms in total. The smallest absolute Gasteiger partial charge is 0.411 e. The first-order chi connectivity index (χ1) is 22.4. The zero-order valence-electron chi connectivity index (χ0n) is 26.2. The van der Waals surface area contributed by atoms with Crippen LogP contribution in [0.4, 0.5) is 10.5 Å². The van der Waals surface area contributed by atoms with Gasteiger partial charge in [0.2, 0.25) is 0 Å². The van der Waals surface area contributed by atoms with E-state index >= 15 is 0 Å². The summed E-state index contributed by atoms with van der Waals surface area (Å²) < 4.78 is 5.82. The van der Waals surface area contributed by atoms with Crippen molar-refractivity contribution in [1.29, 1.82) is 0 Å². The quantitative estimate of drug-likeness (QED) is 0.189. The molecule has 0 bridgehead atoms. The number of amides is 3. The Morgan fingerprint density at radius 1 is 0.804 bits per heavy atom. The Morgan fingerprint density at radius 2 is 1.43 bits per heavy atom. The summed E-state index contributed by atoms with van der Waals surface area (Å²) in [6.07, 6.45) is 1.78. The van der Waals surface area contributed by atoms with Gasteiger partial charge < -0.3 is 9.64 Å². The maximum Gasteiger partial charge on any atom is 0.411 e. The van der Waals surface area contributed by atoms with E-state index in [-0.39, 0.29) is 17.9 Å². The van der Waals surface area contributed by atoms with Crippen LogP contribution in [-0.4, -0.2) is 71.9 Å². The number of ether oxygens (including phenoxy) is 1. The average Bonchev–Trinajstić information content (AvgIpc) is 3.31. The fraction of sp³-hybridized carbons (Fsp3) is 0.289. The number of anilines is 1. The maximum absolute atomic E-state index is 12.8. The van der Waals surface area contributed by atoms with Gasteiger partial charge in [0.05, 0.1) is 16.8 Å². The number of piperidine rings is 1. The van der Waals surface area contributed by atoms with E-state index < -0.39 is 6.09 Å². The van der Waals surface area contributed by atoms with Crippen LogP contribution in [0.25, 0.3) is 11.1 Å². The van der Waals surface area contributed by atoms with Crippen molar-refractivity contribution in [3.05, 3.63) is 125 Å². The van der Waals surface area contributed by atoms with Gasteiger partial charge in [-0.2, -0.15) is 0 Å². The van der Waals surface area contributed by atoms with E-state index in [4.69, 9.17) is 4.74 Å². The first kappa shape index (κ1) is 31.2. The van der Waals surface area contributed by atoms with E-state index in [2.05, 4.69) is 46.4 Å². The van der Waals surface area contributed by atoms with Crippen molar-refractivity contribution in [2.45, 2.75) is 38.5 Å². The van der Waals surface area contributed by atoms with Gasteiger partial charge in [0, 0.05) is 38.3 Å². The number of hydrogen-bond acceptors (Lipinski definition) is 6. The molecule has 3 amide bonds. The van der Waals surface area contributed by atoms with Crippen LogP contribution in [-0.2, 0) is 17.8 Å². The van der Waals surface area contributed by atoms with Gasteiger partial charge in [0.25, 0.3) is 11.8 Å². The number of nitrogens with zero attached hydrogens (tertiary/aromatic N) is 3. The Hall–Kier alpha value is -4.79. The second kappa shape index (κ2) is 14.5. The molecule has 0 aliphatic carbocycles. The molecule has 0 radical (unpaired) electrons. The van der Waals surface area contributed by atoms with Gasteiger partial charge in [-0.1, -0.05) is 84.9 Å². The molecule has 0 saturated carbocycles. The maximum atomic E-state index is 12.8. The minimum absolute atomic E-state index is 0.111. The van der Waals surface area contributed by atoms with E-state index in [0.717, 1.165) is 68.8 Å². The number of carbonyl (C=O) groups excluding carboxylic acids is 3. The Labute approximate surface area is 270 Å². The molecule has 0 aromatic heterocycles. The number of hydrogen-bond donors (Lipinski definition) is 1. The van der Waals surface area contributed by atoms with Crippen LogP contribution in [0, 0.1) is 0 Å². The fourth-order valence-corrected chi connectivity index (χ4v) is 6.35. The number of carbonyl (C=O) groups is 3. The van der Waals surface area contributed by atoms with Crippen molar-refractivity contribution in [3.63, 3.8) is 0 Å². The zero-order chi connectivity index (χ0) is 31.9. The van der Waals surface area contributed by atoms with Gasteiger partial charge in [0.1, 0.15) is 6.10 Å². The van der Waals surface area contributed by atoms with E-state index in [0.29, 0.717) is 17.7 Å². The van der Waals surface area contributed by atoms with Crippen LogP contribution in [0.3, 0.4) is 0 Å². The number of benzene rings is 4. The van der Waals surface area contributed by atoms with Crippen LogP contribution in [0.15, 0.2) is 103 Å². The zero-order valence-corrected chi connectivity index (χ0v) is 26.2. The molecule has 2 heterocycles. The lowest BCUT2D eigenvalue weighted by Crippen LogP contribution is -2.38. The molecule has 8 heteroatoms. The molecule has 46 heavy (non-hydrogen) atoms. The third-order valence-electron chi connectivity index (χ3n) is 8.71. The van der Waals surface area contributed by atoms with Crippen molar-refractivity contribution in [2.24, 2.45) is 0 Å². The van der Waals surface area contributed by atoms with E-state index in [1.165, 1.54) is 16.0 Å². The van der Waals surface area contributed by atoms with Gasteiger partial charge in [-0.25, -0.2) is 4.79 Å². The number of likely N-dealkylation sites (tertiary alicyclic amines) is 1. The topological polar surface area (TPSA) is 82.2 Å². The van der Waals surface area contributed by atoms with Crippen molar-refractivity contribution < 1.29 is 19.1 Å². The van der Waals surface area contributed by atoms with Crippen molar-refractivity contribution in [3.8, 4) is 11.1 Å². The molecule has 236 valence electrons. The number of nitrogens with one attached hydrogen (secondary N) is 1. The summed E-state index contributed by atoms with van der Waals surface area (Å²) in [5.41, 5.74) is 6.23. The molecule has 0 atom stereocenters. The Bertz CT molecular complexity index is 1650. The Balaban J connectivity index is 0.926. The molecule has 6 rings (SSSR count). The Morgan fingerprint density at radius 3 is 2.15 bits per heavy atom. The summed E-state index contributed by atoms with van der Waals surface area (Å²) in [5.74, 6) is -0.390. The average molecular weight is 617 g/mol. The van der Waals surface area contributed by atoms with E-state index in [1.807, 2.05) is 54.6 Å². The summed E-state index contributed by atoms with van der Waals surface area (Å²) >= 11 is 0. The second-order valence-corrected chi connectivity index (χ2v) is 12.1. The molecule has 0 unspecified atom stereocenters. The molecule has 4 aromatic carbocycles. The SMILES string of the molecule is CN(CCCN1C(=O)c2ccccc2C1=O)Cc1cccc(CN2CCC(OC(=O)Nc3ccccc3-c3ccccc3)CC2)c1. The standard InChI is InChI=1S/C38H40N4O4/c1-40(21-10-22-42-36(43)33-16-5-6-17-34(33)37(42)44)26-28-11-9-12-29(25-28)27-41-23-19-31(20-24-41)46-38(45)39-35-18-8-7-15-32(35)30-13-3-2-4-14-30/h2-9,11-18,25,31H,10,19-24,26-27H2,1H3,(H,39,45). The normalized spacial score (nSPS) is 15.3. The predicted octanol–water partition coefficient (Wildman–Crippen LogP) is 6.68. The molecule has 4 aromatic rings. The number of para-hydroxylation sites is 1.